The van der Waals surface area contributed by atoms with Crippen molar-refractivity contribution in [2.24, 2.45) is 5.18 Å². The second-order valence-corrected chi connectivity index (χ2v) is 6.61. The summed E-state index contributed by atoms with van der Waals surface area (Å²) in [4.78, 5) is 38.8. The van der Waals surface area contributed by atoms with Gasteiger partial charge in [0.15, 0.2) is 11.6 Å². The highest BCUT2D eigenvalue weighted by atomic mass is 16.5. The van der Waals surface area contributed by atoms with Gasteiger partial charge >= 0.3 is 0 Å². The molecule has 0 aromatic heterocycles. The second-order valence-electron chi connectivity index (χ2n) is 6.61. The van der Waals surface area contributed by atoms with Crippen LogP contribution in [0.3, 0.4) is 0 Å². The Morgan fingerprint density at radius 3 is 1.63 bits per heavy atom. The molecule has 0 saturated carbocycles. The van der Waals surface area contributed by atoms with E-state index in [0.717, 1.165) is 0 Å². The van der Waals surface area contributed by atoms with E-state index in [1.807, 2.05) is 0 Å². The summed E-state index contributed by atoms with van der Waals surface area (Å²) >= 11 is 0. The molecule has 4 rings (SSSR count). The molecule has 6 heteroatoms. The van der Waals surface area contributed by atoms with E-state index in [4.69, 9.17) is 0 Å². The Hall–Kier alpha value is -4.16. The maximum absolute atomic E-state index is 13.4. The minimum absolute atomic E-state index is 0.0473. The lowest BCUT2D eigenvalue weighted by Gasteiger charge is -2.17. The van der Waals surface area contributed by atoms with Gasteiger partial charge in [-0.15, -0.1) is 4.91 Å². The number of anilines is 1. The third-order valence-corrected chi connectivity index (χ3v) is 4.92. The van der Waals surface area contributed by atoms with Crippen LogP contribution in [0.1, 0.15) is 31.8 Å². The molecule has 0 aliphatic heterocycles. The van der Waals surface area contributed by atoms with E-state index < -0.39 is 11.6 Å². The molecule has 4 aromatic rings. The Kier molecular flexibility index (Phi) is 5.15. The van der Waals surface area contributed by atoms with E-state index >= 15 is 0 Å². The number of ketones is 2. The molecule has 2 N–H and O–H groups in total. The first kappa shape index (κ1) is 19.2. The summed E-state index contributed by atoms with van der Waals surface area (Å²) in [5.41, 5.74) is 2.32. The first-order valence-corrected chi connectivity index (χ1v) is 9.19. The Morgan fingerprint density at radius 2 is 1.13 bits per heavy atom. The number of carbonyl (C=O) groups is 2. The first-order valence-electron chi connectivity index (χ1n) is 9.19. The molecule has 6 nitrogen and oxygen atoms in total. The van der Waals surface area contributed by atoms with Gasteiger partial charge < -0.3 is 0 Å². The Morgan fingerprint density at radius 1 is 0.667 bits per heavy atom. The van der Waals surface area contributed by atoms with E-state index in [9.17, 15) is 19.7 Å². The van der Waals surface area contributed by atoms with Crippen LogP contribution >= 0.6 is 0 Å². The van der Waals surface area contributed by atoms with Gasteiger partial charge in [-0.2, -0.15) is 0 Å². The molecule has 0 aliphatic carbocycles. The number of nitrogens with one attached hydrogen (secondary N) is 1. The zero-order valence-corrected chi connectivity index (χ0v) is 15.7. The smallest absolute Gasteiger partial charge is 0.196 e. The molecule has 0 atom stereocenters. The topological polar surface area (TPSA) is 95.8 Å². The molecule has 0 fully saturated rings. The minimum atomic E-state index is -0.535. The maximum Gasteiger partial charge on any atom is 0.196 e. The molecule has 30 heavy (non-hydrogen) atoms. The lowest BCUT2D eigenvalue weighted by Crippen LogP contribution is -2.15. The molecule has 0 unspecified atom stereocenters. The van der Waals surface area contributed by atoms with Crippen LogP contribution in [0, 0.1) is 4.91 Å². The summed E-state index contributed by atoms with van der Waals surface area (Å²) in [5, 5.41) is 13.8. The van der Waals surface area contributed by atoms with Crippen LogP contribution in [0.4, 0.5) is 11.4 Å². The molecule has 0 radical (unpaired) electrons. The summed E-state index contributed by atoms with van der Waals surface area (Å²) in [5.74, 6) is -1.05. The fourth-order valence-electron chi connectivity index (χ4n) is 3.55. The maximum atomic E-state index is 13.4. The van der Waals surface area contributed by atoms with Crippen molar-refractivity contribution in [2.75, 3.05) is 5.48 Å². The first-order chi connectivity index (χ1) is 14.7. The Balaban J connectivity index is 2.13. The van der Waals surface area contributed by atoms with E-state index in [1.165, 1.54) is 0 Å². The molecule has 146 valence electrons. The number of nitroso groups, excluding NO2 is 1. The van der Waals surface area contributed by atoms with Gasteiger partial charge in [0.05, 0.1) is 16.8 Å². The van der Waals surface area contributed by atoms with Crippen molar-refractivity contribution < 1.29 is 14.8 Å². The van der Waals surface area contributed by atoms with Crippen molar-refractivity contribution >= 4 is 33.7 Å². The Labute approximate surface area is 171 Å². The molecule has 4 aromatic carbocycles. The predicted molar refractivity (Wildman–Crippen MR) is 115 cm³/mol. The van der Waals surface area contributed by atoms with Crippen molar-refractivity contribution in [3.05, 3.63) is 112 Å². The second kappa shape index (κ2) is 8.06. The van der Waals surface area contributed by atoms with E-state index in [-0.39, 0.29) is 22.5 Å². The Bertz CT molecular complexity index is 1270. The van der Waals surface area contributed by atoms with Gasteiger partial charge in [-0.05, 0) is 5.18 Å². The summed E-state index contributed by atoms with van der Waals surface area (Å²) < 4.78 is 0. The SMILES string of the molecule is O=Nc1c(C(=O)c2ccccc2)c(C(=O)c2ccccc2)c(NO)c2ccccc12. The molecule has 0 spiro atoms. The van der Waals surface area contributed by atoms with Crippen molar-refractivity contribution in [1.82, 2.24) is 0 Å². The average molecular weight is 396 g/mol. The average Bonchev–Trinajstić information content (AvgIpc) is 2.82. The highest BCUT2D eigenvalue weighted by Gasteiger charge is 2.30. The molecule has 0 saturated heterocycles. The number of carbonyl (C=O) groups excluding carboxylic acids is 2. The number of benzene rings is 4. The van der Waals surface area contributed by atoms with Gasteiger partial charge in [-0.3, -0.25) is 20.3 Å². The molecule has 0 amide bonds. The monoisotopic (exact) mass is 396 g/mol. The highest BCUT2D eigenvalue weighted by molar-refractivity contribution is 6.28. The summed E-state index contributed by atoms with van der Waals surface area (Å²) in [6.07, 6.45) is 0. The molecule has 0 heterocycles. The van der Waals surface area contributed by atoms with Crippen LogP contribution in [-0.2, 0) is 0 Å². The quantitative estimate of drug-likeness (QED) is 0.255. The van der Waals surface area contributed by atoms with Crippen LogP contribution < -0.4 is 5.48 Å². The summed E-state index contributed by atoms with van der Waals surface area (Å²) in [6.45, 7) is 0. The zero-order chi connectivity index (χ0) is 21.1. The van der Waals surface area contributed by atoms with Gasteiger partial charge in [0, 0.05) is 21.9 Å². The fraction of sp³-hybridized carbons (Fsp3) is 0. The molecular formula is C24H16N2O4. The van der Waals surface area contributed by atoms with E-state index in [2.05, 4.69) is 10.7 Å². The number of rotatable bonds is 6. The summed E-state index contributed by atoms with van der Waals surface area (Å²) in [7, 11) is 0. The van der Waals surface area contributed by atoms with Crippen molar-refractivity contribution in [3.8, 4) is 0 Å². The van der Waals surface area contributed by atoms with Gasteiger partial charge in [-0.25, -0.2) is 0 Å². The van der Waals surface area contributed by atoms with Crippen LogP contribution in [0.15, 0.2) is 90.1 Å². The fourth-order valence-corrected chi connectivity index (χ4v) is 3.55. The number of nitrogens with zero attached hydrogens (tertiary/aromatic N) is 1. The van der Waals surface area contributed by atoms with Gasteiger partial charge in [0.25, 0.3) is 0 Å². The molecular weight excluding hydrogens is 380 g/mol. The van der Waals surface area contributed by atoms with Gasteiger partial charge in [0.1, 0.15) is 5.69 Å². The number of hydrogen-bond donors (Lipinski definition) is 2. The zero-order valence-electron chi connectivity index (χ0n) is 15.7. The predicted octanol–water partition coefficient (Wildman–Crippen LogP) is 5.50. The summed E-state index contributed by atoms with van der Waals surface area (Å²) in [6, 6.07) is 23.3. The van der Waals surface area contributed by atoms with Crippen molar-refractivity contribution in [1.29, 1.82) is 0 Å². The standard InChI is InChI=1S/C24H16N2O4/c27-23(15-9-3-1-4-10-15)19-20(24(28)16-11-5-2-6-12-16)22(26-30)18-14-8-7-13-17(18)21(19)25-29/h1-14,25,29H. The van der Waals surface area contributed by atoms with Crippen LogP contribution in [-0.4, -0.2) is 16.8 Å². The third-order valence-electron chi connectivity index (χ3n) is 4.92. The van der Waals surface area contributed by atoms with Crippen LogP contribution in [0.2, 0.25) is 0 Å². The number of hydrogen-bond acceptors (Lipinski definition) is 6. The van der Waals surface area contributed by atoms with Crippen molar-refractivity contribution in [2.45, 2.75) is 0 Å². The van der Waals surface area contributed by atoms with E-state index in [0.29, 0.717) is 21.9 Å². The lowest BCUT2D eigenvalue weighted by molar-refractivity contribution is 0.100. The number of fused-ring (bicyclic) bond motifs is 1. The van der Waals surface area contributed by atoms with Crippen molar-refractivity contribution in [3.63, 3.8) is 0 Å². The van der Waals surface area contributed by atoms with Gasteiger partial charge in [-0.1, -0.05) is 84.9 Å². The van der Waals surface area contributed by atoms with E-state index in [1.54, 1.807) is 84.9 Å². The minimum Gasteiger partial charge on any atom is -0.291 e. The molecule has 0 aliphatic rings. The largest absolute Gasteiger partial charge is 0.291 e. The third kappa shape index (κ3) is 3.15. The van der Waals surface area contributed by atoms with Crippen LogP contribution in [0.5, 0.6) is 0 Å². The van der Waals surface area contributed by atoms with Crippen LogP contribution in [0.25, 0.3) is 10.8 Å². The van der Waals surface area contributed by atoms with Gasteiger partial charge in [0.2, 0.25) is 0 Å². The molecule has 0 bridgehead atoms. The normalized spacial score (nSPS) is 10.6. The highest BCUT2D eigenvalue weighted by Crippen LogP contribution is 2.41. The lowest BCUT2D eigenvalue weighted by atomic mass is 9.87.